The lowest BCUT2D eigenvalue weighted by Gasteiger charge is -2.20. The van der Waals surface area contributed by atoms with Crippen molar-refractivity contribution in [2.24, 2.45) is 24.3 Å². The van der Waals surface area contributed by atoms with Crippen LogP contribution in [-0.2, 0) is 11.8 Å². The monoisotopic (exact) mass is 355 g/mol. The van der Waals surface area contributed by atoms with Crippen LogP contribution in [-0.4, -0.2) is 15.5 Å². The summed E-state index contributed by atoms with van der Waals surface area (Å²) < 4.78 is 16.2. The normalized spacial score (nSPS) is 21.8. The number of amides is 1. The zero-order valence-corrected chi connectivity index (χ0v) is 16.0. The van der Waals surface area contributed by atoms with E-state index in [4.69, 9.17) is 0 Å². The third-order valence-corrected chi connectivity index (χ3v) is 5.33. The number of halogens is 1. The number of hydrogen-bond donors (Lipinski definition) is 1. The van der Waals surface area contributed by atoms with Crippen molar-refractivity contribution < 1.29 is 9.18 Å². The summed E-state index contributed by atoms with van der Waals surface area (Å²) in [6.45, 7) is 8.28. The van der Waals surface area contributed by atoms with Gasteiger partial charge < -0.3 is 9.88 Å². The van der Waals surface area contributed by atoms with Gasteiger partial charge in [0, 0.05) is 25.0 Å². The number of allylic oxidation sites excluding steroid dienone is 2. The van der Waals surface area contributed by atoms with Crippen molar-refractivity contribution in [3.05, 3.63) is 65.5 Å². The maximum atomic E-state index is 14.4. The van der Waals surface area contributed by atoms with Gasteiger partial charge in [0.2, 0.25) is 5.91 Å². The fourth-order valence-corrected chi connectivity index (χ4v) is 3.73. The molecule has 5 heteroatoms. The maximum Gasteiger partial charge on any atom is 0.225 e. The van der Waals surface area contributed by atoms with Crippen molar-refractivity contribution in [3.8, 4) is 0 Å². The molecular formula is C21H26FN3O. The number of carbonyl (C=O) groups is 1. The van der Waals surface area contributed by atoms with Crippen LogP contribution >= 0.6 is 0 Å². The summed E-state index contributed by atoms with van der Waals surface area (Å²) in [4.78, 5) is 17.4. The summed E-state index contributed by atoms with van der Waals surface area (Å²) in [5, 5.41) is 3.05. The summed E-state index contributed by atoms with van der Waals surface area (Å²) >= 11 is 0. The van der Waals surface area contributed by atoms with Gasteiger partial charge in [-0.2, -0.15) is 0 Å². The van der Waals surface area contributed by atoms with E-state index in [-0.39, 0.29) is 29.0 Å². The van der Waals surface area contributed by atoms with Crippen molar-refractivity contribution in [1.29, 1.82) is 0 Å². The Bertz CT molecular complexity index is 848. The predicted octanol–water partition coefficient (Wildman–Crippen LogP) is 4.00. The van der Waals surface area contributed by atoms with Crippen molar-refractivity contribution >= 4 is 5.91 Å². The molecule has 138 valence electrons. The standard InChI is InChI=1S/C21H26FN3O/c1-13(2)12-15-17(21(15,3)4)20(26)24-18(19-23-10-11-25(19)5)14-8-6-7-9-16(14)22/h6-12,15,17-18H,1-5H3,(H,24,26)/t15-,17-,18+/m0/s1. The average Bonchev–Trinajstić information content (AvgIpc) is 2.88. The molecule has 0 spiro atoms. The minimum atomic E-state index is -0.618. The Hall–Kier alpha value is -2.43. The molecule has 0 saturated heterocycles. The highest BCUT2D eigenvalue weighted by Gasteiger charge is 2.60. The van der Waals surface area contributed by atoms with E-state index in [1.54, 1.807) is 30.6 Å². The molecule has 4 nitrogen and oxygen atoms in total. The van der Waals surface area contributed by atoms with Crippen molar-refractivity contribution in [2.75, 3.05) is 0 Å². The molecule has 1 aliphatic carbocycles. The quantitative estimate of drug-likeness (QED) is 0.824. The first-order valence-corrected chi connectivity index (χ1v) is 8.90. The van der Waals surface area contributed by atoms with E-state index in [9.17, 15) is 9.18 Å². The Morgan fingerprint density at radius 2 is 2.04 bits per heavy atom. The lowest BCUT2D eigenvalue weighted by molar-refractivity contribution is -0.123. The van der Waals surface area contributed by atoms with Gasteiger partial charge in [-0.1, -0.05) is 43.7 Å². The van der Waals surface area contributed by atoms with Gasteiger partial charge in [-0.3, -0.25) is 4.79 Å². The summed E-state index contributed by atoms with van der Waals surface area (Å²) in [5.41, 5.74) is 1.53. The second-order valence-corrected chi connectivity index (χ2v) is 7.93. The zero-order chi connectivity index (χ0) is 19.1. The predicted molar refractivity (Wildman–Crippen MR) is 99.8 cm³/mol. The van der Waals surface area contributed by atoms with E-state index in [1.807, 2.05) is 25.5 Å². The topological polar surface area (TPSA) is 46.9 Å². The third kappa shape index (κ3) is 3.30. The number of nitrogens with one attached hydrogen (secondary N) is 1. The number of nitrogens with zero attached hydrogens (tertiary/aromatic N) is 2. The first-order chi connectivity index (χ1) is 12.2. The zero-order valence-electron chi connectivity index (χ0n) is 16.0. The lowest BCUT2D eigenvalue weighted by atomic mass is 10.0. The Kier molecular flexibility index (Phi) is 4.74. The van der Waals surface area contributed by atoms with Gasteiger partial charge in [-0.25, -0.2) is 9.37 Å². The summed E-state index contributed by atoms with van der Waals surface area (Å²) in [7, 11) is 1.84. The molecular weight excluding hydrogens is 329 g/mol. The molecule has 1 heterocycles. The molecule has 1 fully saturated rings. The molecule has 1 aliphatic rings. The minimum absolute atomic E-state index is 0.0613. The van der Waals surface area contributed by atoms with E-state index in [1.165, 1.54) is 11.6 Å². The van der Waals surface area contributed by atoms with Crippen LogP contribution in [0.5, 0.6) is 0 Å². The molecule has 2 aromatic rings. The SMILES string of the molecule is CC(C)=C[C@H]1[C@@H](C(=O)N[C@H](c2ccccc2F)c2nccn2C)C1(C)C. The summed E-state index contributed by atoms with van der Waals surface area (Å²) in [6.07, 6.45) is 5.61. The molecule has 1 saturated carbocycles. The summed E-state index contributed by atoms with van der Waals surface area (Å²) in [6, 6.07) is 5.90. The first kappa shape index (κ1) is 18.4. The average molecular weight is 355 g/mol. The van der Waals surface area contributed by atoms with Crippen LogP contribution in [0.2, 0.25) is 0 Å². The highest BCUT2D eigenvalue weighted by molar-refractivity contribution is 5.84. The fourth-order valence-electron chi connectivity index (χ4n) is 3.73. The molecule has 3 atom stereocenters. The largest absolute Gasteiger partial charge is 0.342 e. The van der Waals surface area contributed by atoms with Crippen molar-refractivity contribution in [3.63, 3.8) is 0 Å². The lowest BCUT2D eigenvalue weighted by Crippen LogP contribution is -2.33. The molecule has 1 aromatic carbocycles. The maximum absolute atomic E-state index is 14.4. The molecule has 3 rings (SSSR count). The number of carbonyl (C=O) groups excluding carboxylic acids is 1. The van der Waals surface area contributed by atoms with Gasteiger partial charge in [0.1, 0.15) is 17.7 Å². The van der Waals surface area contributed by atoms with Crippen LogP contribution in [0.3, 0.4) is 0 Å². The van der Waals surface area contributed by atoms with E-state index >= 15 is 0 Å². The first-order valence-electron chi connectivity index (χ1n) is 8.90. The van der Waals surface area contributed by atoms with Crippen LogP contribution in [0.25, 0.3) is 0 Å². The van der Waals surface area contributed by atoms with Crippen molar-refractivity contribution in [2.45, 2.75) is 33.7 Å². The van der Waals surface area contributed by atoms with E-state index in [0.29, 0.717) is 11.4 Å². The third-order valence-electron chi connectivity index (χ3n) is 5.33. The van der Waals surface area contributed by atoms with E-state index in [2.05, 4.69) is 30.2 Å². The number of aryl methyl sites for hydroxylation is 1. The number of imidazole rings is 1. The van der Waals surface area contributed by atoms with Gasteiger partial charge in [0.05, 0.1) is 5.92 Å². The Morgan fingerprint density at radius 3 is 2.62 bits per heavy atom. The highest BCUT2D eigenvalue weighted by Crippen LogP contribution is 2.59. The molecule has 0 bridgehead atoms. The molecule has 1 N–H and O–H groups in total. The second kappa shape index (κ2) is 6.71. The fraction of sp³-hybridized carbons (Fsp3) is 0.429. The Labute approximate surface area is 154 Å². The molecule has 1 aromatic heterocycles. The van der Waals surface area contributed by atoms with Crippen LogP contribution < -0.4 is 5.32 Å². The van der Waals surface area contributed by atoms with Gasteiger partial charge in [-0.15, -0.1) is 0 Å². The molecule has 1 amide bonds. The summed E-state index contributed by atoms with van der Waals surface area (Å²) in [5.74, 6) is 0.285. The number of hydrogen-bond acceptors (Lipinski definition) is 2. The molecule has 0 unspecified atom stereocenters. The van der Waals surface area contributed by atoms with E-state index in [0.717, 1.165) is 0 Å². The van der Waals surface area contributed by atoms with Crippen LogP contribution in [0.15, 0.2) is 48.3 Å². The number of benzene rings is 1. The van der Waals surface area contributed by atoms with Gasteiger partial charge in [0.25, 0.3) is 0 Å². The van der Waals surface area contributed by atoms with E-state index < -0.39 is 6.04 Å². The van der Waals surface area contributed by atoms with Gasteiger partial charge in [-0.05, 0) is 31.2 Å². The van der Waals surface area contributed by atoms with Crippen LogP contribution in [0, 0.1) is 23.1 Å². The molecule has 26 heavy (non-hydrogen) atoms. The second-order valence-electron chi connectivity index (χ2n) is 7.93. The number of rotatable bonds is 5. The number of aromatic nitrogens is 2. The van der Waals surface area contributed by atoms with Crippen molar-refractivity contribution in [1.82, 2.24) is 14.9 Å². The smallest absolute Gasteiger partial charge is 0.225 e. The highest BCUT2D eigenvalue weighted by atomic mass is 19.1. The Morgan fingerprint density at radius 1 is 1.35 bits per heavy atom. The van der Waals surface area contributed by atoms with Gasteiger partial charge in [0.15, 0.2) is 0 Å². The van der Waals surface area contributed by atoms with Crippen LogP contribution in [0.1, 0.15) is 45.1 Å². The van der Waals surface area contributed by atoms with Gasteiger partial charge >= 0.3 is 0 Å². The van der Waals surface area contributed by atoms with Crippen LogP contribution in [0.4, 0.5) is 4.39 Å². The Balaban J connectivity index is 1.90. The minimum Gasteiger partial charge on any atom is -0.342 e. The molecule has 0 aliphatic heterocycles. The molecule has 0 radical (unpaired) electrons.